The number of nitrogens with zero attached hydrogens (tertiary/aromatic N) is 1. The zero-order valence-corrected chi connectivity index (χ0v) is 25.7. The smallest absolute Gasteiger partial charge is 0.330 e. The molecule has 238 valence electrons. The minimum Gasteiger partial charge on any atom is -0.394 e. The molecule has 1 aromatic rings. The van der Waals surface area contributed by atoms with Gasteiger partial charge in [0, 0.05) is 18.9 Å². The van der Waals surface area contributed by atoms with Crippen LogP contribution < -0.4 is 11.2 Å². The summed E-state index contributed by atoms with van der Waals surface area (Å²) in [7, 11) is 0. The van der Waals surface area contributed by atoms with E-state index in [1.807, 2.05) is 0 Å². The van der Waals surface area contributed by atoms with Gasteiger partial charge < -0.3 is 19.7 Å². The highest BCUT2D eigenvalue weighted by molar-refractivity contribution is 5.01. The Balaban J connectivity index is 0.839. The molecule has 5 fully saturated rings. The van der Waals surface area contributed by atoms with Crippen LogP contribution in [0.25, 0.3) is 0 Å². The second-order valence-corrected chi connectivity index (χ2v) is 14.4. The van der Waals surface area contributed by atoms with Gasteiger partial charge in [-0.1, -0.05) is 77.0 Å². The lowest BCUT2D eigenvalue weighted by Crippen LogP contribution is -2.45. The van der Waals surface area contributed by atoms with Crippen LogP contribution in [0.1, 0.15) is 135 Å². The van der Waals surface area contributed by atoms with E-state index in [0.29, 0.717) is 6.61 Å². The summed E-state index contributed by atoms with van der Waals surface area (Å²) in [5.74, 6) is 3.28. The van der Waals surface area contributed by atoms with E-state index in [9.17, 15) is 19.8 Å². The number of aromatic nitrogens is 2. The Labute approximate surface area is 251 Å². The number of hydrogen-bond donors (Lipinski definition) is 3. The first-order valence-corrected chi connectivity index (χ1v) is 17.3. The highest BCUT2D eigenvalue weighted by Gasteiger charge is 2.50. The minimum atomic E-state index is -1.05. The van der Waals surface area contributed by atoms with E-state index in [1.54, 1.807) is 38.5 Å². The Morgan fingerprint density at radius 1 is 0.833 bits per heavy atom. The number of H-pyrrole nitrogens is 1. The predicted octanol–water partition coefficient (Wildman–Crippen LogP) is 5.85. The molecule has 0 spiro atoms. The van der Waals surface area contributed by atoms with E-state index in [2.05, 4.69) is 4.98 Å². The number of aliphatic hydroxyl groups excluding tert-OH is 2. The molecular weight excluding hydrogens is 532 g/mol. The Morgan fingerprint density at radius 3 is 1.88 bits per heavy atom. The predicted molar refractivity (Wildman–Crippen MR) is 163 cm³/mol. The summed E-state index contributed by atoms with van der Waals surface area (Å²) in [5, 5.41) is 20.1. The van der Waals surface area contributed by atoms with Crippen molar-refractivity contribution in [3.05, 3.63) is 33.1 Å². The topological polar surface area (TPSA) is 114 Å². The summed E-state index contributed by atoms with van der Waals surface area (Å²) >= 11 is 0. The van der Waals surface area contributed by atoms with Crippen molar-refractivity contribution in [1.29, 1.82) is 0 Å². The number of rotatable bonds is 19. The molecule has 6 rings (SSSR count). The average molecular weight is 589 g/mol. The maximum Gasteiger partial charge on any atom is 0.330 e. The Morgan fingerprint density at radius 2 is 1.36 bits per heavy atom. The number of nitrogens with one attached hydrogen (secondary N) is 1. The molecule has 4 bridgehead atoms. The first kappa shape index (κ1) is 31.9. The van der Waals surface area contributed by atoms with E-state index >= 15 is 0 Å². The van der Waals surface area contributed by atoms with Gasteiger partial charge in [-0.05, 0) is 74.5 Å². The standard InChI is InChI=1S/C34H56N2O6/c37-24-28-30(39)31(32(42-28)36-16-14-29(38)35-33(36)40)41-17-13-11-9-7-5-3-1-2-4-6-8-10-12-15-34-21-25-18-26(22-34)20-27(19-25)23-34/h14,16,25-28,30-32,37,39H,1-13,15,17-24H2,(H,35,38,40)/t25?,26?,27?,28-,30-,31-,32-,34?/m1/s1. The van der Waals surface area contributed by atoms with Crippen molar-refractivity contribution in [2.24, 2.45) is 23.2 Å². The van der Waals surface area contributed by atoms with Crippen LogP contribution in [0.5, 0.6) is 0 Å². The lowest BCUT2D eigenvalue weighted by Gasteiger charge is -2.57. The highest BCUT2D eigenvalue weighted by Crippen LogP contribution is 2.61. The fraction of sp³-hybridized carbons (Fsp3) is 0.882. The maximum absolute atomic E-state index is 12.2. The molecule has 1 saturated heterocycles. The number of ether oxygens (including phenoxy) is 2. The minimum absolute atomic E-state index is 0.378. The number of aromatic amines is 1. The van der Waals surface area contributed by atoms with Gasteiger partial charge in [0.15, 0.2) is 6.23 Å². The molecule has 0 amide bonds. The van der Waals surface area contributed by atoms with Gasteiger partial charge in [0.05, 0.1) is 6.61 Å². The number of aliphatic hydroxyl groups is 2. The SMILES string of the molecule is O=c1ccn([C@@H]2O[C@H](CO)[C@@H](O)[C@H]2OCCCCCCCCCCCCCCCC23CC4CC(CC(C4)C2)C3)c(=O)[nH]1. The van der Waals surface area contributed by atoms with Crippen LogP contribution in [-0.4, -0.2) is 51.3 Å². The molecule has 3 N–H and O–H groups in total. The van der Waals surface area contributed by atoms with Gasteiger partial charge in [-0.3, -0.25) is 14.3 Å². The lowest BCUT2D eigenvalue weighted by molar-refractivity contribution is -0.0749. The van der Waals surface area contributed by atoms with Crippen LogP contribution in [0, 0.1) is 23.2 Å². The molecular formula is C34H56N2O6. The molecule has 4 atom stereocenters. The van der Waals surface area contributed by atoms with Crippen molar-refractivity contribution in [3.8, 4) is 0 Å². The van der Waals surface area contributed by atoms with E-state index in [4.69, 9.17) is 9.47 Å². The summed E-state index contributed by atoms with van der Waals surface area (Å²) in [5.41, 5.74) is -0.358. The van der Waals surface area contributed by atoms with Gasteiger partial charge in [-0.2, -0.15) is 0 Å². The summed E-state index contributed by atoms with van der Waals surface area (Å²) in [6.45, 7) is 0.0670. The van der Waals surface area contributed by atoms with Crippen LogP contribution in [0.3, 0.4) is 0 Å². The van der Waals surface area contributed by atoms with E-state index < -0.39 is 35.8 Å². The lowest BCUT2D eigenvalue weighted by atomic mass is 9.48. The van der Waals surface area contributed by atoms with E-state index in [1.165, 1.54) is 93.9 Å². The van der Waals surface area contributed by atoms with Crippen LogP contribution in [0.2, 0.25) is 0 Å². The monoisotopic (exact) mass is 588 g/mol. The third-order valence-corrected chi connectivity index (χ3v) is 10.9. The second kappa shape index (κ2) is 15.5. The van der Waals surface area contributed by atoms with Crippen molar-refractivity contribution in [2.45, 2.75) is 153 Å². The highest BCUT2D eigenvalue weighted by atomic mass is 16.6. The van der Waals surface area contributed by atoms with Gasteiger partial charge in [0.2, 0.25) is 0 Å². The summed E-state index contributed by atoms with van der Waals surface area (Å²) in [6, 6.07) is 1.23. The van der Waals surface area contributed by atoms with Crippen LogP contribution in [-0.2, 0) is 9.47 Å². The fourth-order valence-electron chi connectivity index (χ4n) is 9.26. The van der Waals surface area contributed by atoms with Crippen LogP contribution >= 0.6 is 0 Å². The molecule has 0 unspecified atom stereocenters. The quantitative estimate of drug-likeness (QED) is 0.175. The van der Waals surface area contributed by atoms with Crippen molar-refractivity contribution >= 4 is 0 Å². The first-order chi connectivity index (χ1) is 20.5. The Bertz CT molecular complexity index is 1030. The molecule has 0 radical (unpaired) electrons. The van der Waals surface area contributed by atoms with Crippen LogP contribution in [0.4, 0.5) is 0 Å². The number of unbranched alkanes of at least 4 members (excludes halogenated alkanes) is 12. The normalized spacial score (nSPS) is 33.5. The molecule has 2 heterocycles. The summed E-state index contributed by atoms with van der Waals surface area (Å²) in [4.78, 5) is 25.8. The second-order valence-electron chi connectivity index (χ2n) is 14.4. The largest absolute Gasteiger partial charge is 0.394 e. The van der Waals surface area contributed by atoms with Gasteiger partial charge in [-0.15, -0.1) is 0 Å². The van der Waals surface area contributed by atoms with Gasteiger partial charge in [-0.25, -0.2) is 4.79 Å². The van der Waals surface area contributed by atoms with Crippen molar-refractivity contribution in [1.82, 2.24) is 9.55 Å². The molecule has 4 saturated carbocycles. The van der Waals surface area contributed by atoms with E-state index in [0.717, 1.165) is 36.0 Å². The molecule has 8 heteroatoms. The van der Waals surface area contributed by atoms with Crippen molar-refractivity contribution < 1.29 is 19.7 Å². The van der Waals surface area contributed by atoms with Crippen molar-refractivity contribution in [2.75, 3.05) is 13.2 Å². The third-order valence-electron chi connectivity index (χ3n) is 10.9. The fourth-order valence-corrected chi connectivity index (χ4v) is 9.26. The molecule has 5 aliphatic rings. The first-order valence-electron chi connectivity index (χ1n) is 17.3. The zero-order valence-electron chi connectivity index (χ0n) is 25.7. The molecule has 8 nitrogen and oxygen atoms in total. The summed E-state index contributed by atoms with van der Waals surface area (Å²) in [6.07, 6.45) is 25.5. The van der Waals surface area contributed by atoms with Crippen LogP contribution in [0.15, 0.2) is 21.9 Å². The van der Waals surface area contributed by atoms with Gasteiger partial charge in [0.1, 0.15) is 18.3 Å². The Hall–Kier alpha value is -1.48. The summed E-state index contributed by atoms with van der Waals surface area (Å²) < 4.78 is 12.8. The third kappa shape index (κ3) is 8.36. The number of hydrogen-bond acceptors (Lipinski definition) is 6. The average Bonchev–Trinajstić information content (AvgIpc) is 3.26. The molecule has 4 aliphatic carbocycles. The molecule has 0 aromatic carbocycles. The Kier molecular flexibility index (Phi) is 11.8. The maximum atomic E-state index is 12.2. The van der Waals surface area contributed by atoms with E-state index in [-0.39, 0.29) is 6.61 Å². The molecule has 1 aromatic heterocycles. The van der Waals surface area contributed by atoms with Gasteiger partial charge >= 0.3 is 5.69 Å². The molecule has 42 heavy (non-hydrogen) atoms. The zero-order chi connectivity index (χ0) is 29.4. The molecule has 1 aliphatic heterocycles. The van der Waals surface area contributed by atoms with Gasteiger partial charge in [0.25, 0.3) is 5.56 Å². The van der Waals surface area contributed by atoms with Crippen molar-refractivity contribution in [3.63, 3.8) is 0 Å².